The van der Waals surface area contributed by atoms with E-state index in [0.29, 0.717) is 11.5 Å². The Kier molecular flexibility index (Phi) is 7.26. The molecule has 0 bridgehead atoms. The molecule has 142 valence electrons. The molecule has 0 aromatic heterocycles. The second-order valence-electron chi connectivity index (χ2n) is 5.37. The van der Waals surface area contributed by atoms with Gasteiger partial charge in [-0.3, -0.25) is 19.7 Å². The number of rotatable bonds is 10. The van der Waals surface area contributed by atoms with E-state index < -0.39 is 16.9 Å². The summed E-state index contributed by atoms with van der Waals surface area (Å²) in [5.74, 6) is -0.909. The van der Waals surface area contributed by atoms with Crippen LogP contribution < -0.4 is 9.47 Å². The summed E-state index contributed by atoms with van der Waals surface area (Å²) in [4.78, 5) is 31.9. The molecule has 9 nitrogen and oxygen atoms in total. The maximum absolute atomic E-state index is 11.4. The first kappa shape index (κ1) is 19.9. The van der Waals surface area contributed by atoms with Crippen molar-refractivity contribution < 1.29 is 33.8 Å². The molecule has 0 aliphatic carbocycles. The van der Waals surface area contributed by atoms with Gasteiger partial charge >= 0.3 is 11.9 Å². The molecule has 0 fully saturated rings. The quantitative estimate of drug-likeness (QED) is 0.168. The zero-order valence-corrected chi connectivity index (χ0v) is 14.2. The molecule has 27 heavy (non-hydrogen) atoms. The fourth-order valence-electron chi connectivity index (χ4n) is 1.98. The number of nitro benzene ring substituents is 1. The fraction of sp³-hybridized carbons (Fsp3) is 0.222. The van der Waals surface area contributed by atoms with Crippen molar-refractivity contribution in [2.45, 2.75) is 19.4 Å². The van der Waals surface area contributed by atoms with E-state index in [0.717, 1.165) is 5.56 Å². The van der Waals surface area contributed by atoms with Crippen LogP contribution in [0.2, 0.25) is 0 Å². The lowest BCUT2D eigenvalue weighted by molar-refractivity contribution is -0.384. The summed E-state index contributed by atoms with van der Waals surface area (Å²) in [5, 5.41) is 19.1. The molecule has 0 atom stereocenters. The smallest absolute Gasteiger partial charge is 0.311 e. The molecule has 0 amide bonds. The van der Waals surface area contributed by atoms with E-state index in [4.69, 9.17) is 19.3 Å². The lowest BCUT2D eigenvalue weighted by Crippen LogP contribution is -2.10. The summed E-state index contributed by atoms with van der Waals surface area (Å²) in [5.41, 5.74) is 0.791. The molecular formula is C18H17NO8. The van der Waals surface area contributed by atoms with Crippen LogP contribution in [-0.4, -0.2) is 28.8 Å². The Morgan fingerprint density at radius 3 is 2.19 bits per heavy atom. The summed E-state index contributed by atoms with van der Waals surface area (Å²) in [6.07, 6.45) is -0.473. The monoisotopic (exact) mass is 375 g/mol. The highest BCUT2D eigenvalue weighted by Crippen LogP contribution is 2.18. The van der Waals surface area contributed by atoms with Crippen molar-refractivity contribution in [2.75, 3.05) is 6.79 Å². The number of carbonyl (C=O) groups excluding carboxylic acids is 1. The van der Waals surface area contributed by atoms with Crippen LogP contribution in [0.5, 0.6) is 11.5 Å². The number of carbonyl (C=O) groups is 2. The van der Waals surface area contributed by atoms with Gasteiger partial charge in [0.15, 0.2) is 6.79 Å². The van der Waals surface area contributed by atoms with Gasteiger partial charge in [0, 0.05) is 12.1 Å². The van der Waals surface area contributed by atoms with Crippen LogP contribution in [0.1, 0.15) is 18.4 Å². The van der Waals surface area contributed by atoms with E-state index in [1.54, 1.807) is 24.3 Å². The van der Waals surface area contributed by atoms with Crippen molar-refractivity contribution in [3.05, 3.63) is 64.2 Å². The first-order valence-corrected chi connectivity index (χ1v) is 7.90. The molecule has 0 heterocycles. The summed E-state index contributed by atoms with van der Waals surface area (Å²) in [6, 6.07) is 12.2. The van der Waals surface area contributed by atoms with Gasteiger partial charge in [0.05, 0.1) is 24.4 Å². The normalized spacial score (nSPS) is 10.2. The van der Waals surface area contributed by atoms with Gasteiger partial charge in [-0.05, 0) is 29.8 Å². The Morgan fingerprint density at radius 1 is 0.963 bits per heavy atom. The third-order valence-electron chi connectivity index (χ3n) is 3.32. The fourth-order valence-corrected chi connectivity index (χ4v) is 1.98. The average molecular weight is 375 g/mol. The van der Waals surface area contributed by atoms with Gasteiger partial charge in [-0.2, -0.15) is 0 Å². The number of hydrogen-bond acceptors (Lipinski definition) is 7. The van der Waals surface area contributed by atoms with Gasteiger partial charge in [0.2, 0.25) is 0 Å². The van der Waals surface area contributed by atoms with Crippen molar-refractivity contribution in [1.29, 1.82) is 0 Å². The van der Waals surface area contributed by atoms with Crippen LogP contribution in [0, 0.1) is 10.1 Å². The van der Waals surface area contributed by atoms with Crippen molar-refractivity contribution in [2.24, 2.45) is 0 Å². The lowest BCUT2D eigenvalue weighted by Gasteiger charge is -2.08. The van der Waals surface area contributed by atoms with Crippen LogP contribution in [0.4, 0.5) is 5.69 Å². The van der Waals surface area contributed by atoms with E-state index in [1.165, 1.54) is 24.3 Å². The van der Waals surface area contributed by atoms with E-state index in [-0.39, 0.29) is 31.9 Å². The second-order valence-corrected chi connectivity index (χ2v) is 5.37. The van der Waals surface area contributed by atoms with Gasteiger partial charge in [0.25, 0.3) is 5.69 Å². The zero-order valence-electron chi connectivity index (χ0n) is 14.2. The van der Waals surface area contributed by atoms with Gasteiger partial charge in [-0.15, -0.1) is 0 Å². The van der Waals surface area contributed by atoms with Gasteiger partial charge in [-0.1, -0.05) is 12.1 Å². The largest absolute Gasteiger partial charge is 0.481 e. The summed E-state index contributed by atoms with van der Waals surface area (Å²) < 4.78 is 15.7. The molecule has 0 radical (unpaired) electrons. The molecule has 0 spiro atoms. The molecule has 0 saturated carbocycles. The summed E-state index contributed by atoms with van der Waals surface area (Å²) >= 11 is 0. The Balaban J connectivity index is 1.71. The van der Waals surface area contributed by atoms with Crippen LogP contribution in [0.15, 0.2) is 48.5 Å². The Morgan fingerprint density at radius 2 is 1.59 bits per heavy atom. The molecule has 0 aliphatic heterocycles. The first-order valence-electron chi connectivity index (χ1n) is 7.90. The molecule has 0 aliphatic rings. The van der Waals surface area contributed by atoms with Crippen LogP contribution in [-0.2, 0) is 20.9 Å². The molecule has 0 saturated heterocycles. The van der Waals surface area contributed by atoms with Gasteiger partial charge < -0.3 is 19.3 Å². The zero-order chi connectivity index (χ0) is 19.6. The maximum atomic E-state index is 11.4. The minimum atomic E-state index is -1.06. The highest BCUT2D eigenvalue weighted by atomic mass is 16.7. The molecular weight excluding hydrogens is 358 g/mol. The van der Waals surface area contributed by atoms with E-state index >= 15 is 0 Å². The van der Waals surface area contributed by atoms with Crippen molar-refractivity contribution >= 4 is 17.6 Å². The number of ether oxygens (including phenoxy) is 3. The Labute approximate surface area is 154 Å². The number of non-ortho nitro benzene ring substituents is 1. The number of nitro groups is 1. The number of carboxylic acid groups (broad SMARTS) is 1. The lowest BCUT2D eigenvalue weighted by atomic mass is 10.2. The number of benzene rings is 2. The highest BCUT2D eigenvalue weighted by molar-refractivity contribution is 5.78. The molecule has 9 heteroatoms. The standard InChI is InChI=1S/C18H17NO8/c20-17(21)9-10-18(22)27-16-5-1-13(2-6-16)11-25-12-26-15-7-3-14(4-8-15)19(23)24/h1-8H,9-12H2,(H,20,21). The SMILES string of the molecule is O=C(O)CCC(=O)Oc1ccc(COCOc2ccc([N+](=O)[O-])cc2)cc1. The number of hydrogen-bond donors (Lipinski definition) is 1. The van der Waals surface area contributed by atoms with Gasteiger partial charge in [-0.25, -0.2) is 0 Å². The predicted octanol–water partition coefficient (Wildman–Crippen LogP) is 2.92. The highest BCUT2D eigenvalue weighted by Gasteiger charge is 2.08. The number of nitrogens with zero attached hydrogens (tertiary/aromatic N) is 1. The van der Waals surface area contributed by atoms with Crippen molar-refractivity contribution in [1.82, 2.24) is 0 Å². The van der Waals surface area contributed by atoms with Crippen molar-refractivity contribution in [3.63, 3.8) is 0 Å². The Bertz CT molecular complexity index is 786. The van der Waals surface area contributed by atoms with E-state index in [9.17, 15) is 19.7 Å². The van der Waals surface area contributed by atoms with Crippen LogP contribution in [0.25, 0.3) is 0 Å². The topological polar surface area (TPSA) is 125 Å². The summed E-state index contributed by atoms with van der Waals surface area (Å²) in [7, 11) is 0. The van der Waals surface area contributed by atoms with E-state index in [2.05, 4.69) is 0 Å². The molecule has 1 N–H and O–H groups in total. The second kappa shape index (κ2) is 9.88. The third-order valence-corrected chi connectivity index (χ3v) is 3.32. The maximum Gasteiger partial charge on any atom is 0.311 e. The number of aliphatic carboxylic acids is 1. The van der Waals surface area contributed by atoms with Crippen molar-refractivity contribution in [3.8, 4) is 11.5 Å². The first-order chi connectivity index (χ1) is 12.9. The van der Waals surface area contributed by atoms with Crippen LogP contribution in [0.3, 0.4) is 0 Å². The third kappa shape index (κ3) is 7.12. The molecule has 2 rings (SSSR count). The summed E-state index contributed by atoms with van der Waals surface area (Å²) in [6.45, 7) is 0.212. The molecule has 2 aromatic rings. The number of carboxylic acids is 1. The van der Waals surface area contributed by atoms with E-state index in [1.807, 2.05) is 0 Å². The van der Waals surface area contributed by atoms with Gasteiger partial charge in [0.1, 0.15) is 11.5 Å². The minimum absolute atomic E-state index is 0.0213. The number of esters is 1. The Hall–Kier alpha value is -3.46. The van der Waals surface area contributed by atoms with Crippen LogP contribution >= 0.6 is 0 Å². The minimum Gasteiger partial charge on any atom is -0.481 e. The molecule has 2 aromatic carbocycles. The molecule has 0 unspecified atom stereocenters. The predicted molar refractivity (Wildman–Crippen MR) is 92.3 cm³/mol. The average Bonchev–Trinajstić information content (AvgIpc) is 2.65.